The lowest BCUT2D eigenvalue weighted by atomic mass is 9.67. The summed E-state index contributed by atoms with van der Waals surface area (Å²) < 4.78 is 0. The molecule has 1 aliphatic carbocycles. The minimum atomic E-state index is -0.757. The summed E-state index contributed by atoms with van der Waals surface area (Å²) in [6, 6.07) is 9.69. The van der Waals surface area contributed by atoms with E-state index in [9.17, 15) is 10.1 Å². The van der Waals surface area contributed by atoms with Crippen molar-refractivity contribution in [3.05, 3.63) is 34.9 Å². The number of nitriles is 1. The fourth-order valence-electron chi connectivity index (χ4n) is 2.61. The highest BCUT2D eigenvalue weighted by molar-refractivity contribution is 6.30. The van der Waals surface area contributed by atoms with Gasteiger partial charge in [0.2, 0.25) is 0 Å². The van der Waals surface area contributed by atoms with E-state index in [1.54, 1.807) is 6.07 Å². The largest absolute Gasteiger partial charge is 0.481 e. The van der Waals surface area contributed by atoms with Gasteiger partial charge in [0.25, 0.3) is 0 Å². The van der Waals surface area contributed by atoms with Gasteiger partial charge < -0.3 is 5.11 Å². The number of hydrogen-bond acceptors (Lipinski definition) is 2. The molecule has 1 N–H and O–H groups in total. The Morgan fingerprint density at radius 3 is 2.61 bits per heavy atom. The van der Waals surface area contributed by atoms with Gasteiger partial charge in [0, 0.05) is 5.02 Å². The molecule has 0 spiro atoms. The molecule has 94 valence electrons. The first kappa shape index (κ1) is 12.9. The predicted molar refractivity (Wildman–Crippen MR) is 68.3 cm³/mol. The van der Waals surface area contributed by atoms with E-state index < -0.39 is 11.4 Å². The van der Waals surface area contributed by atoms with E-state index in [0.29, 0.717) is 30.7 Å². The number of benzene rings is 1. The first-order valence-electron chi connectivity index (χ1n) is 5.97. The second-order valence-electron chi connectivity index (χ2n) is 4.82. The Labute approximate surface area is 111 Å². The topological polar surface area (TPSA) is 61.1 Å². The summed E-state index contributed by atoms with van der Waals surface area (Å²) in [4.78, 5) is 10.9. The van der Waals surface area contributed by atoms with Crippen LogP contribution >= 0.6 is 11.6 Å². The van der Waals surface area contributed by atoms with Crippen LogP contribution in [-0.4, -0.2) is 11.1 Å². The normalized spacial score (nSPS) is 27.4. The van der Waals surface area contributed by atoms with Crippen LogP contribution in [0.25, 0.3) is 0 Å². The van der Waals surface area contributed by atoms with Crippen LogP contribution in [0.2, 0.25) is 5.02 Å². The van der Waals surface area contributed by atoms with Gasteiger partial charge in [-0.25, -0.2) is 0 Å². The van der Waals surface area contributed by atoms with Gasteiger partial charge in [0.15, 0.2) is 0 Å². The zero-order valence-electron chi connectivity index (χ0n) is 9.90. The molecule has 0 aliphatic heterocycles. The van der Waals surface area contributed by atoms with Crippen molar-refractivity contribution in [1.29, 1.82) is 5.26 Å². The van der Waals surface area contributed by atoms with Gasteiger partial charge in [-0.15, -0.1) is 0 Å². The van der Waals surface area contributed by atoms with E-state index in [2.05, 4.69) is 6.07 Å². The maximum atomic E-state index is 10.9. The minimum absolute atomic E-state index is 0.314. The molecule has 3 nitrogen and oxygen atoms in total. The SMILES string of the molecule is N#C[C@]1(c2cccc(Cl)c2)CC[C@@H](C(=O)O)CC1. The Balaban J connectivity index is 2.25. The second-order valence-corrected chi connectivity index (χ2v) is 5.25. The maximum Gasteiger partial charge on any atom is 0.306 e. The van der Waals surface area contributed by atoms with E-state index in [1.807, 2.05) is 18.2 Å². The van der Waals surface area contributed by atoms with Crippen molar-refractivity contribution in [2.45, 2.75) is 31.1 Å². The van der Waals surface area contributed by atoms with Crippen LogP contribution in [0.3, 0.4) is 0 Å². The first-order valence-corrected chi connectivity index (χ1v) is 6.35. The average molecular weight is 264 g/mol. The molecular formula is C14H14ClNO2. The highest BCUT2D eigenvalue weighted by Gasteiger charge is 2.39. The zero-order chi connectivity index (χ0) is 13.2. The fraction of sp³-hybridized carbons (Fsp3) is 0.429. The smallest absolute Gasteiger partial charge is 0.306 e. The quantitative estimate of drug-likeness (QED) is 0.890. The number of carboxylic acid groups (broad SMARTS) is 1. The van der Waals surface area contributed by atoms with Crippen molar-refractivity contribution < 1.29 is 9.90 Å². The summed E-state index contributed by atoms with van der Waals surface area (Å²) in [5.74, 6) is -1.07. The van der Waals surface area contributed by atoms with Crippen molar-refractivity contribution in [2.24, 2.45) is 5.92 Å². The number of rotatable bonds is 2. The number of carbonyl (C=O) groups is 1. The molecule has 4 heteroatoms. The minimum Gasteiger partial charge on any atom is -0.481 e. The zero-order valence-corrected chi connectivity index (χ0v) is 10.7. The summed E-state index contributed by atoms with van der Waals surface area (Å²) >= 11 is 5.96. The molecule has 1 fully saturated rings. The Kier molecular flexibility index (Phi) is 3.58. The Hall–Kier alpha value is -1.53. The van der Waals surface area contributed by atoms with Crippen molar-refractivity contribution in [3.63, 3.8) is 0 Å². The van der Waals surface area contributed by atoms with E-state index in [4.69, 9.17) is 16.7 Å². The highest BCUT2D eigenvalue weighted by atomic mass is 35.5. The van der Waals surface area contributed by atoms with Crippen LogP contribution in [0.4, 0.5) is 0 Å². The molecule has 0 bridgehead atoms. The molecule has 0 radical (unpaired) electrons. The van der Waals surface area contributed by atoms with Gasteiger partial charge in [-0.05, 0) is 43.4 Å². The van der Waals surface area contributed by atoms with Gasteiger partial charge in [-0.2, -0.15) is 5.26 Å². The number of halogens is 1. The van der Waals surface area contributed by atoms with Crippen LogP contribution in [-0.2, 0) is 10.2 Å². The van der Waals surface area contributed by atoms with E-state index in [0.717, 1.165) is 5.56 Å². The molecule has 1 aliphatic rings. The summed E-state index contributed by atoms with van der Waals surface area (Å²) in [5, 5.41) is 19.1. The van der Waals surface area contributed by atoms with E-state index in [-0.39, 0.29) is 5.92 Å². The van der Waals surface area contributed by atoms with Gasteiger partial charge in [0.05, 0.1) is 17.4 Å². The monoisotopic (exact) mass is 263 g/mol. The number of hydrogen-bond donors (Lipinski definition) is 1. The molecule has 0 saturated heterocycles. The lowest BCUT2D eigenvalue weighted by Crippen LogP contribution is -2.32. The summed E-state index contributed by atoms with van der Waals surface area (Å²) in [6.07, 6.45) is 2.27. The molecule has 0 heterocycles. The first-order chi connectivity index (χ1) is 8.57. The van der Waals surface area contributed by atoms with Crippen molar-refractivity contribution in [1.82, 2.24) is 0 Å². The standard InChI is InChI=1S/C14H14ClNO2/c15-12-3-1-2-11(8-12)14(9-16)6-4-10(5-7-14)13(17)18/h1-3,8,10H,4-7H2,(H,17,18)/t10-,14+. The molecule has 0 amide bonds. The van der Waals surface area contributed by atoms with Gasteiger partial charge >= 0.3 is 5.97 Å². The molecule has 0 unspecified atom stereocenters. The molecule has 0 aromatic heterocycles. The number of nitrogens with zero attached hydrogens (tertiary/aromatic N) is 1. The lowest BCUT2D eigenvalue weighted by Gasteiger charge is -2.33. The van der Waals surface area contributed by atoms with Crippen LogP contribution in [0.1, 0.15) is 31.2 Å². The van der Waals surface area contributed by atoms with Crippen LogP contribution in [0, 0.1) is 17.2 Å². The summed E-state index contributed by atoms with van der Waals surface area (Å²) in [6.45, 7) is 0. The van der Waals surface area contributed by atoms with Gasteiger partial charge in [-0.1, -0.05) is 23.7 Å². The Morgan fingerprint density at radius 2 is 2.11 bits per heavy atom. The van der Waals surface area contributed by atoms with Gasteiger partial charge in [-0.3, -0.25) is 4.79 Å². The van der Waals surface area contributed by atoms with E-state index >= 15 is 0 Å². The average Bonchev–Trinajstić information content (AvgIpc) is 2.38. The number of carboxylic acids is 1. The van der Waals surface area contributed by atoms with Crippen LogP contribution in [0.15, 0.2) is 24.3 Å². The predicted octanol–water partition coefficient (Wildman–Crippen LogP) is 3.38. The second kappa shape index (κ2) is 4.99. The third-order valence-corrected chi connectivity index (χ3v) is 4.01. The molecule has 2 rings (SSSR count). The molecule has 1 aromatic carbocycles. The van der Waals surface area contributed by atoms with Crippen LogP contribution in [0.5, 0.6) is 0 Å². The third kappa shape index (κ3) is 2.34. The van der Waals surface area contributed by atoms with Crippen molar-refractivity contribution in [2.75, 3.05) is 0 Å². The molecule has 0 atom stereocenters. The van der Waals surface area contributed by atoms with Crippen molar-refractivity contribution in [3.8, 4) is 6.07 Å². The lowest BCUT2D eigenvalue weighted by molar-refractivity contribution is -0.143. The Morgan fingerprint density at radius 1 is 1.44 bits per heavy atom. The van der Waals surface area contributed by atoms with Crippen LogP contribution < -0.4 is 0 Å². The fourth-order valence-corrected chi connectivity index (χ4v) is 2.80. The molecule has 1 saturated carbocycles. The number of aliphatic carboxylic acids is 1. The summed E-state index contributed by atoms with van der Waals surface area (Å²) in [5.41, 5.74) is 0.331. The molecule has 18 heavy (non-hydrogen) atoms. The summed E-state index contributed by atoms with van der Waals surface area (Å²) in [7, 11) is 0. The van der Waals surface area contributed by atoms with E-state index in [1.165, 1.54) is 0 Å². The Bertz CT molecular complexity index is 499. The molecular weight excluding hydrogens is 250 g/mol. The molecule has 1 aromatic rings. The van der Waals surface area contributed by atoms with Gasteiger partial charge in [0.1, 0.15) is 0 Å². The highest BCUT2D eigenvalue weighted by Crippen LogP contribution is 2.41. The third-order valence-electron chi connectivity index (χ3n) is 3.78. The maximum absolute atomic E-state index is 10.9. The van der Waals surface area contributed by atoms with Crippen molar-refractivity contribution >= 4 is 17.6 Å².